The fourth-order valence-electron chi connectivity index (χ4n) is 3.97. The fourth-order valence-corrected chi connectivity index (χ4v) is 5.31. The molecule has 2 aromatic carbocycles. The first-order valence-corrected chi connectivity index (χ1v) is 15.8. The Labute approximate surface area is 231 Å². The molecular weight excluding hydrogens is 513 g/mol. The number of Topliss-reactive ketones (excluding diaryl/α,β-unsaturated/α-hetero) is 2. The molecule has 8 heteroatoms. The van der Waals surface area contributed by atoms with Crippen molar-refractivity contribution in [2.45, 2.75) is 65.3 Å². The summed E-state index contributed by atoms with van der Waals surface area (Å²) in [4.78, 5) is 30.2. The van der Waals surface area contributed by atoms with Crippen molar-refractivity contribution in [2.24, 2.45) is 0 Å². The van der Waals surface area contributed by atoms with E-state index in [0.717, 1.165) is 11.1 Å². The molecule has 0 spiro atoms. The first kappa shape index (κ1) is 30.2. The molecule has 208 valence electrons. The first-order chi connectivity index (χ1) is 18.2. The second kappa shape index (κ2) is 11.8. The number of benzene rings is 2. The smallest absolute Gasteiger partial charge is 0.224 e. The summed E-state index contributed by atoms with van der Waals surface area (Å²) in [6.07, 6.45) is -0.648. The van der Waals surface area contributed by atoms with Gasteiger partial charge in [0.2, 0.25) is 5.95 Å². The molecule has 1 aromatic heterocycles. The molecule has 3 aromatic rings. The highest BCUT2D eigenvalue weighted by Crippen LogP contribution is 2.37. The summed E-state index contributed by atoms with van der Waals surface area (Å²) < 4.78 is 31.9. The zero-order valence-corrected chi connectivity index (χ0v) is 25.3. The minimum Gasteiger partial charge on any atom is -0.497 e. The Morgan fingerprint density at radius 1 is 0.974 bits per heavy atom. The molecular formula is C31H38FNO5Si. The lowest BCUT2D eigenvalue weighted by Crippen LogP contribution is -2.45. The van der Waals surface area contributed by atoms with Gasteiger partial charge in [0.1, 0.15) is 17.6 Å². The van der Waals surface area contributed by atoms with Gasteiger partial charge in [-0.15, -0.1) is 0 Å². The standard InChI is InChI=1S/C31H38FNO5Si/c1-19-10-11-21(15-28(34)22-16-23(36-6)18-24(17-22)37-7)14-26(19)27-13-12-25(30(32)33-27)29(35)20(2)38-39(8,9)31(3,4)5/h10-14,16-18,20H,15H2,1-9H3/t20-/m1/s1. The van der Waals surface area contributed by atoms with Crippen LogP contribution in [0.15, 0.2) is 48.5 Å². The molecule has 0 aliphatic heterocycles. The molecule has 1 heterocycles. The average Bonchev–Trinajstić information content (AvgIpc) is 2.87. The van der Waals surface area contributed by atoms with Gasteiger partial charge >= 0.3 is 0 Å². The van der Waals surface area contributed by atoms with Gasteiger partial charge in [-0.3, -0.25) is 9.59 Å². The van der Waals surface area contributed by atoms with Gasteiger partial charge < -0.3 is 13.9 Å². The summed E-state index contributed by atoms with van der Waals surface area (Å²) in [5, 5.41) is -0.0786. The average molecular weight is 552 g/mol. The number of pyridine rings is 1. The highest BCUT2D eigenvalue weighted by molar-refractivity contribution is 6.74. The lowest BCUT2D eigenvalue weighted by Gasteiger charge is -2.38. The number of aryl methyl sites for hydroxylation is 1. The summed E-state index contributed by atoms with van der Waals surface area (Å²) in [6, 6.07) is 13.7. The summed E-state index contributed by atoms with van der Waals surface area (Å²) in [5.74, 6) is -0.326. The molecule has 1 atom stereocenters. The molecule has 3 rings (SSSR count). The number of carbonyl (C=O) groups excluding carboxylic acids is 2. The van der Waals surface area contributed by atoms with Crippen LogP contribution in [0.2, 0.25) is 18.1 Å². The number of rotatable bonds is 10. The summed E-state index contributed by atoms with van der Waals surface area (Å²) in [6.45, 7) is 13.9. The maximum atomic E-state index is 15.2. The van der Waals surface area contributed by atoms with Gasteiger partial charge in [-0.1, -0.05) is 32.9 Å². The van der Waals surface area contributed by atoms with Gasteiger partial charge in [-0.25, -0.2) is 4.98 Å². The molecule has 0 N–H and O–H groups in total. The van der Waals surface area contributed by atoms with Crippen molar-refractivity contribution in [2.75, 3.05) is 14.2 Å². The van der Waals surface area contributed by atoms with Crippen molar-refractivity contribution in [1.82, 2.24) is 4.98 Å². The van der Waals surface area contributed by atoms with Crippen LogP contribution in [0.3, 0.4) is 0 Å². The van der Waals surface area contributed by atoms with Crippen molar-refractivity contribution in [3.05, 3.63) is 76.7 Å². The summed E-state index contributed by atoms with van der Waals surface area (Å²) in [5.41, 5.74) is 3.06. The van der Waals surface area contributed by atoms with E-state index in [9.17, 15) is 9.59 Å². The van der Waals surface area contributed by atoms with Gasteiger partial charge in [-0.05, 0) is 73.4 Å². The topological polar surface area (TPSA) is 74.7 Å². The van der Waals surface area contributed by atoms with E-state index in [-0.39, 0.29) is 22.8 Å². The Morgan fingerprint density at radius 3 is 2.13 bits per heavy atom. The monoisotopic (exact) mass is 551 g/mol. The second-order valence-electron chi connectivity index (χ2n) is 11.3. The number of halogens is 1. The van der Waals surface area contributed by atoms with Crippen LogP contribution in [-0.2, 0) is 10.8 Å². The van der Waals surface area contributed by atoms with Crippen molar-refractivity contribution in [1.29, 1.82) is 0 Å². The van der Waals surface area contributed by atoms with E-state index in [1.54, 1.807) is 31.2 Å². The number of carbonyl (C=O) groups is 2. The molecule has 39 heavy (non-hydrogen) atoms. The van der Waals surface area contributed by atoms with Gasteiger partial charge in [0.05, 0.1) is 25.5 Å². The van der Waals surface area contributed by atoms with E-state index < -0.39 is 26.2 Å². The third kappa shape index (κ3) is 6.99. The van der Waals surface area contributed by atoms with Gasteiger partial charge in [-0.2, -0.15) is 4.39 Å². The van der Waals surface area contributed by atoms with Crippen LogP contribution >= 0.6 is 0 Å². The number of methoxy groups -OCH3 is 2. The lowest BCUT2D eigenvalue weighted by atomic mass is 9.96. The Kier molecular flexibility index (Phi) is 9.13. The van der Waals surface area contributed by atoms with Crippen LogP contribution in [0, 0.1) is 12.9 Å². The number of hydrogen-bond acceptors (Lipinski definition) is 6. The van der Waals surface area contributed by atoms with Crippen LogP contribution in [0.4, 0.5) is 4.39 Å². The van der Waals surface area contributed by atoms with E-state index in [2.05, 4.69) is 38.8 Å². The highest BCUT2D eigenvalue weighted by atomic mass is 28.4. The SMILES string of the molecule is COc1cc(OC)cc(C(=O)Cc2ccc(C)c(-c3ccc(C(=O)[C@@H](C)O[Si](C)(C)C(C)(C)C)c(F)n3)c2)c1. The Hall–Kier alpha value is -3.36. The molecule has 6 nitrogen and oxygen atoms in total. The van der Waals surface area contributed by atoms with Gasteiger partial charge in [0.15, 0.2) is 19.9 Å². The number of aromatic nitrogens is 1. The summed E-state index contributed by atoms with van der Waals surface area (Å²) >= 11 is 0. The third-order valence-corrected chi connectivity index (χ3v) is 11.9. The van der Waals surface area contributed by atoms with Crippen molar-refractivity contribution < 1.29 is 27.9 Å². The maximum Gasteiger partial charge on any atom is 0.224 e. The number of hydrogen-bond donors (Lipinski definition) is 0. The quantitative estimate of drug-likeness (QED) is 0.150. The second-order valence-corrected chi connectivity index (χ2v) is 16.0. The fraction of sp³-hybridized carbons (Fsp3) is 0.387. The first-order valence-electron chi connectivity index (χ1n) is 12.9. The normalized spacial score (nSPS) is 12.7. The molecule has 0 amide bonds. The van der Waals surface area contributed by atoms with E-state index >= 15 is 4.39 Å². The largest absolute Gasteiger partial charge is 0.497 e. The van der Waals surface area contributed by atoms with Crippen LogP contribution in [0.5, 0.6) is 11.5 Å². The van der Waals surface area contributed by atoms with E-state index in [0.29, 0.717) is 28.3 Å². The van der Waals surface area contributed by atoms with Gasteiger partial charge in [0, 0.05) is 23.6 Å². The lowest BCUT2D eigenvalue weighted by molar-refractivity contribution is 0.0790. The minimum atomic E-state index is -2.21. The van der Waals surface area contributed by atoms with Gasteiger partial charge in [0.25, 0.3) is 0 Å². The van der Waals surface area contributed by atoms with Crippen molar-refractivity contribution in [3.8, 4) is 22.8 Å². The molecule has 0 unspecified atom stereocenters. The zero-order valence-electron chi connectivity index (χ0n) is 24.3. The van der Waals surface area contributed by atoms with E-state index in [1.807, 2.05) is 25.1 Å². The number of ketones is 2. The van der Waals surface area contributed by atoms with E-state index in [1.165, 1.54) is 20.3 Å². The van der Waals surface area contributed by atoms with E-state index in [4.69, 9.17) is 13.9 Å². The molecule has 0 aliphatic carbocycles. The third-order valence-electron chi connectivity index (χ3n) is 7.38. The predicted molar refractivity (Wildman–Crippen MR) is 154 cm³/mol. The molecule has 0 radical (unpaired) electrons. The Morgan fingerprint density at radius 2 is 1.59 bits per heavy atom. The van der Waals surface area contributed by atoms with Crippen LogP contribution in [0.1, 0.15) is 59.5 Å². The van der Waals surface area contributed by atoms with Crippen molar-refractivity contribution in [3.63, 3.8) is 0 Å². The Bertz CT molecular complexity index is 1360. The highest BCUT2D eigenvalue weighted by Gasteiger charge is 2.40. The summed E-state index contributed by atoms with van der Waals surface area (Å²) in [7, 11) is 0.848. The predicted octanol–water partition coefficient (Wildman–Crippen LogP) is 7.23. The molecule has 0 bridgehead atoms. The minimum absolute atomic E-state index is 0.0786. The van der Waals surface area contributed by atoms with Crippen LogP contribution in [-0.4, -0.2) is 45.2 Å². The maximum absolute atomic E-state index is 15.2. The molecule has 0 fully saturated rings. The number of nitrogens with zero attached hydrogens (tertiary/aromatic N) is 1. The molecule has 0 saturated carbocycles. The Balaban J connectivity index is 1.85. The molecule has 0 saturated heterocycles. The zero-order chi connectivity index (χ0) is 29.1. The number of ether oxygens (including phenoxy) is 2. The van der Waals surface area contributed by atoms with Crippen molar-refractivity contribution >= 4 is 19.9 Å². The van der Waals surface area contributed by atoms with Crippen LogP contribution < -0.4 is 9.47 Å². The molecule has 0 aliphatic rings. The van der Waals surface area contributed by atoms with Crippen LogP contribution in [0.25, 0.3) is 11.3 Å².